The summed E-state index contributed by atoms with van der Waals surface area (Å²) in [5, 5.41) is 0. The van der Waals surface area contributed by atoms with Crippen molar-refractivity contribution in [3.05, 3.63) is 0 Å². The van der Waals surface area contributed by atoms with Crippen molar-refractivity contribution in [2.45, 2.75) is 103 Å². The molecule has 0 amide bonds. The zero-order valence-electron chi connectivity index (χ0n) is 15.2. The Labute approximate surface area is 141 Å². The zero-order valence-corrected chi connectivity index (χ0v) is 16.1. The molecule has 1 unspecified atom stereocenters. The molecule has 2 fully saturated rings. The Balaban J connectivity index is 1.71. The predicted molar refractivity (Wildman–Crippen MR) is 98.6 cm³/mol. The molecule has 2 rings (SSSR count). The van der Waals surface area contributed by atoms with Crippen LogP contribution in [0.25, 0.3) is 0 Å². The van der Waals surface area contributed by atoms with Crippen LogP contribution in [0.4, 0.5) is 0 Å². The molecule has 22 heavy (non-hydrogen) atoms. The fraction of sp³-hybridized carbons (Fsp3) is 1.00. The smallest absolute Gasteiger partial charge is 0.0431 e. The van der Waals surface area contributed by atoms with E-state index in [1.807, 2.05) is 0 Å². The van der Waals surface area contributed by atoms with E-state index in [9.17, 15) is 4.21 Å². The molecule has 0 aromatic carbocycles. The molecule has 0 aromatic heterocycles. The molecule has 2 saturated carbocycles. The molecule has 0 bridgehead atoms. The Bertz CT molecular complexity index is 336. The van der Waals surface area contributed by atoms with Gasteiger partial charge in [0.05, 0.1) is 0 Å². The van der Waals surface area contributed by atoms with Gasteiger partial charge in [-0.05, 0) is 63.2 Å². The molecule has 130 valence electrons. The summed E-state index contributed by atoms with van der Waals surface area (Å²) in [6, 6.07) is 0. The molecule has 2 aliphatic rings. The molecule has 0 spiro atoms. The van der Waals surface area contributed by atoms with Gasteiger partial charge >= 0.3 is 0 Å². The lowest BCUT2D eigenvalue weighted by Gasteiger charge is -2.41. The van der Waals surface area contributed by atoms with Gasteiger partial charge in [0, 0.05) is 21.3 Å². The first-order chi connectivity index (χ1) is 10.6. The van der Waals surface area contributed by atoms with Gasteiger partial charge < -0.3 is 0 Å². The van der Waals surface area contributed by atoms with Crippen molar-refractivity contribution in [2.24, 2.45) is 17.8 Å². The average molecular weight is 327 g/mol. The van der Waals surface area contributed by atoms with Crippen LogP contribution >= 0.6 is 0 Å². The van der Waals surface area contributed by atoms with Crippen molar-refractivity contribution in [3.8, 4) is 0 Å². The second-order valence-corrected chi connectivity index (χ2v) is 10.5. The second kappa shape index (κ2) is 8.85. The summed E-state index contributed by atoms with van der Waals surface area (Å²) in [5.41, 5.74) is 0. The van der Waals surface area contributed by atoms with Crippen molar-refractivity contribution < 1.29 is 4.21 Å². The first kappa shape index (κ1) is 18.5. The largest absolute Gasteiger partial charge is 0.259 e. The van der Waals surface area contributed by atoms with E-state index >= 15 is 0 Å². The van der Waals surface area contributed by atoms with Crippen LogP contribution in [0.3, 0.4) is 0 Å². The van der Waals surface area contributed by atoms with Crippen LogP contribution in [-0.4, -0.2) is 14.7 Å². The van der Waals surface area contributed by atoms with Crippen LogP contribution in [0.1, 0.15) is 97.8 Å². The van der Waals surface area contributed by atoms with E-state index in [4.69, 9.17) is 0 Å². The maximum absolute atomic E-state index is 12.3. The van der Waals surface area contributed by atoms with Gasteiger partial charge in [0.15, 0.2) is 0 Å². The Morgan fingerprint density at radius 3 is 2.05 bits per heavy atom. The van der Waals surface area contributed by atoms with Crippen LogP contribution in [-0.2, 0) is 10.8 Å². The third-order valence-electron chi connectivity index (χ3n) is 6.67. The average Bonchev–Trinajstić information content (AvgIpc) is 2.56. The minimum absolute atomic E-state index is 0.128. The number of hydrogen-bond donors (Lipinski definition) is 0. The third kappa shape index (κ3) is 4.82. The van der Waals surface area contributed by atoms with E-state index in [1.54, 1.807) is 0 Å². The van der Waals surface area contributed by atoms with Gasteiger partial charge in [-0.3, -0.25) is 4.21 Å². The lowest BCUT2D eigenvalue weighted by molar-refractivity contribution is 0.152. The van der Waals surface area contributed by atoms with Crippen LogP contribution in [0, 0.1) is 17.8 Å². The summed E-state index contributed by atoms with van der Waals surface area (Å²) < 4.78 is 12.4. The predicted octanol–water partition coefficient (Wildman–Crippen LogP) is 6.09. The minimum Gasteiger partial charge on any atom is -0.259 e. The highest BCUT2D eigenvalue weighted by Crippen LogP contribution is 2.44. The van der Waals surface area contributed by atoms with Crippen molar-refractivity contribution in [3.63, 3.8) is 0 Å². The van der Waals surface area contributed by atoms with Gasteiger partial charge in [0.2, 0.25) is 0 Å². The van der Waals surface area contributed by atoms with Crippen LogP contribution in [0.2, 0.25) is 0 Å². The van der Waals surface area contributed by atoms with E-state index in [0.29, 0.717) is 0 Å². The van der Waals surface area contributed by atoms with Gasteiger partial charge in [-0.25, -0.2) is 0 Å². The molecule has 0 saturated heterocycles. The van der Waals surface area contributed by atoms with Crippen molar-refractivity contribution in [2.75, 3.05) is 5.75 Å². The van der Waals surface area contributed by atoms with Gasteiger partial charge in [0.1, 0.15) is 0 Å². The standard InChI is InChI=1S/C20H38OS/c1-4-6-7-8-17-9-11-18(12-10-17)19-13-15-20(3,16-14-19)22(21)5-2/h17-19H,4-16H2,1-3H3. The summed E-state index contributed by atoms with van der Waals surface area (Å²) in [4.78, 5) is 0. The highest BCUT2D eigenvalue weighted by molar-refractivity contribution is 7.86. The summed E-state index contributed by atoms with van der Waals surface area (Å²) in [7, 11) is -0.609. The van der Waals surface area contributed by atoms with E-state index in [1.165, 1.54) is 77.0 Å². The molecule has 0 radical (unpaired) electrons. The molecule has 0 aliphatic heterocycles. The molecule has 2 heteroatoms. The summed E-state index contributed by atoms with van der Waals surface area (Å²) in [5.74, 6) is 3.80. The van der Waals surface area contributed by atoms with Crippen LogP contribution in [0.15, 0.2) is 0 Å². The maximum atomic E-state index is 12.3. The summed E-state index contributed by atoms with van der Waals surface area (Å²) in [6.07, 6.45) is 16.8. The second-order valence-electron chi connectivity index (χ2n) is 8.20. The van der Waals surface area contributed by atoms with E-state index in [0.717, 1.165) is 23.5 Å². The fourth-order valence-corrected chi connectivity index (χ4v) is 6.32. The summed E-state index contributed by atoms with van der Waals surface area (Å²) in [6.45, 7) is 6.65. The highest BCUT2D eigenvalue weighted by Gasteiger charge is 2.38. The summed E-state index contributed by atoms with van der Waals surface area (Å²) >= 11 is 0. The Morgan fingerprint density at radius 2 is 1.50 bits per heavy atom. The Hall–Kier alpha value is 0.150. The van der Waals surface area contributed by atoms with Gasteiger partial charge in [-0.15, -0.1) is 0 Å². The van der Waals surface area contributed by atoms with Gasteiger partial charge in [0.25, 0.3) is 0 Å². The van der Waals surface area contributed by atoms with Crippen molar-refractivity contribution in [1.82, 2.24) is 0 Å². The topological polar surface area (TPSA) is 17.1 Å². The zero-order chi connectivity index (χ0) is 16.0. The molecule has 0 N–H and O–H groups in total. The van der Waals surface area contributed by atoms with Crippen molar-refractivity contribution >= 4 is 10.8 Å². The maximum Gasteiger partial charge on any atom is 0.0431 e. The van der Waals surface area contributed by atoms with E-state index < -0.39 is 10.8 Å². The molecule has 2 aliphatic carbocycles. The fourth-order valence-electron chi connectivity index (χ4n) is 4.93. The quantitative estimate of drug-likeness (QED) is 0.517. The molecular weight excluding hydrogens is 288 g/mol. The third-order valence-corrected chi connectivity index (χ3v) is 8.71. The lowest BCUT2D eigenvalue weighted by Crippen LogP contribution is -2.38. The first-order valence-corrected chi connectivity index (χ1v) is 11.3. The molecular formula is C20H38OS. The number of rotatable bonds is 7. The number of unbranched alkanes of at least 4 members (excludes halogenated alkanes) is 2. The van der Waals surface area contributed by atoms with E-state index in [2.05, 4.69) is 20.8 Å². The molecule has 0 aromatic rings. The molecule has 1 nitrogen and oxygen atoms in total. The normalized spacial score (nSPS) is 37.9. The lowest BCUT2D eigenvalue weighted by atomic mass is 9.68. The highest BCUT2D eigenvalue weighted by atomic mass is 32.2. The monoisotopic (exact) mass is 326 g/mol. The van der Waals surface area contributed by atoms with E-state index in [-0.39, 0.29) is 4.75 Å². The van der Waals surface area contributed by atoms with Crippen LogP contribution < -0.4 is 0 Å². The van der Waals surface area contributed by atoms with Gasteiger partial charge in [-0.2, -0.15) is 0 Å². The molecule has 1 atom stereocenters. The minimum atomic E-state index is -0.609. The Morgan fingerprint density at radius 1 is 0.909 bits per heavy atom. The number of hydrogen-bond acceptors (Lipinski definition) is 1. The van der Waals surface area contributed by atoms with Crippen molar-refractivity contribution in [1.29, 1.82) is 0 Å². The first-order valence-electron chi connectivity index (χ1n) is 9.97. The van der Waals surface area contributed by atoms with Crippen LogP contribution in [0.5, 0.6) is 0 Å². The SMILES string of the molecule is CCCCCC1CCC(C2CCC(C)(S(=O)CC)CC2)CC1. The molecule has 0 heterocycles. The van der Waals surface area contributed by atoms with Gasteiger partial charge in [-0.1, -0.05) is 52.4 Å². The Kier molecular flexibility index (Phi) is 7.44.